The third-order valence-corrected chi connectivity index (χ3v) is 3.40. The minimum Gasteiger partial charge on any atom is -0.207 e. The zero-order chi connectivity index (χ0) is 9.42. The van der Waals surface area contributed by atoms with Gasteiger partial charge in [0.15, 0.2) is 0 Å². The summed E-state index contributed by atoms with van der Waals surface area (Å²) in [5, 5.41) is 1.01. The second-order valence-electron chi connectivity index (χ2n) is 2.88. The van der Waals surface area contributed by atoms with Gasteiger partial charge in [0.25, 0.3) is 0 Å². The van der Waals surface area contributed by atoms with Gasteiger partial charge in [-0.1, -0.05) is 6.92 Å². The minimum absolute atomic E-state index is 0.110. The zero-order valence-electron chi connectivity index (χ0n) is 7.17. The van der Waals surface area contributed by atoms with Crippen molar-refractivity contribution in [2.75, 3.05) is 0 Å². The van der Waals surface area contributed by atoms with Crippen molar-refractivity contribution < 1.29 is 4.39 Å². The van der Waals surface area contributed by atoms with Crippen molar-refractivity contribution in [3.63, 3.8) is 0 Å². The lowest BCUT2D eigenvalue weighted by Crippen LogP contribution is -1.86. The summed E-state index contributed by atoms with van der Waals surface area (Å²) in [6, 6.07) is 5.28. The van der Waals surface area contributed by atoms with Crippen LogP contribution >= 0.6 is 24.0 Å². The van der Waals surface area contributed by atoms with Gasteiger partial charge in [-0.05, 0) is 35.6 Å². The van der Waals surface area contributed by atoms with Gasteiger partial charge in [-0.25, -0.2) is 4.39 Å². The van der Waals surface area contributed by atoms with Crippen LogP contribution in [0.3, 0.4) is 0 Å². The fourth-order valence-electron chi connectivity index (χ4n) is 1.49. The Bertz CT molecular complexity index is 445. The maximum Gasteiger partial charge on any atom is 0.127 e. The molecule has 68 valence electrons. The van der Waals surface area contributed by atoms with Gasteiger partial charge in [0.05, 0.1) is 4.21 Å². The molecule has 0 spiro atoms. The van der Waals surface area contributed by atoms with E-state index in [4.69, 9.17) is 0 Å². The van der Waals surface area contributed by atoms with E-state index in [-0.39, 0.29) is 5.82 Å². The van der Waals surface area contributed by atoms with E-state index in [0.717, 1.165) is 26.3 Å². The van der Waals surface area contributed by atoms with Gasteiger partial charge in [-0.3, -0.25) is 0 Å². The third-order valence-electron chi connectivity index (χ3n) is 2.10. The maximum atomic E-state index is 13.3. The fraction of sp³-hybridized carbons (Fsp3) is 0.200. The van der Waals surface area contributed by atoms with Crippen LogP contribution in [0.15, 0.2) is 22.4 Å². The molecule has 1 aromatic carbocycles. The normalized spacial score (nSPS) is 11.0. The Labute approximate surface area is 85.8 Å². The molecule has 2 aromatic rings. The average molecular weight is 212 g/mol. The van der Waals surface area contributed by atoms with Gasteiger partial charge < -0.3 is 0 Å². The molecule has 0 radical (unpaired) electrons. The summed E-state index contributed by atoms with van der Waals surface area (Å²) >= 11 is 5.85. The Balaban J connectivity index is 2.82. The van der Waals surface area contributed by atoms with Gasteiger partial charge in [-0.15, -0.1) is 24.0 Å². The lowest BCUT2D eigenvalue weighted by atomic mass is 10.1. The van der Waals surface area contributed by atoms with Crippen molar-refractivity contribution in [3.05, 3.63) is 29.6 Å². The molecule has 13 heavy (non-hydrogen) atoms. The van der Waals surface area contributed by atoms with E-state index in [1.165, 1.54) is 6.07 Å². The molecule has 0 amide bonds. The van der Waals surface area contributed by atoms with Crippen LogP contribution in [0.1, 0.15) is 12.5 Å². The molecule has 0 bridgehead atoms. The van der Waals surface area contributed by atoms with Gasteiger partial charge in [0, 0.05) is 4.70 Å². The highest BCUT2D eigenvalue weighted by Crippen LogP contribution is 2.31. The van der Waals surface area contributed by atoms with E-state index < -0.39 is 0 Å². The van der Waals surface area contributed by atoms with Gasteiger partial charge >= 0.3 is 0 Å². The zero-order valence-corrected chi connectivity index (χ0v) is 8.88. The summed E-state index contributed by atoms with van der Waals surface area (Å²) in [5.74, 6) is -0.110. The summed E-state index contributed by atoms with van der Waals surface area (Å²) in [6.07, 6.45) is 0.729. The molecule has 0 saturated carbocycles. The molecule has 2 rings (SSSR count). The molecule has 1 heterocycles. The lowest BCUT2D eigenvalue weighted by molar-refractivity contribution is 0.615. The monoisotopic (exact) mass is 212 g/mol. The van der Waals surface area contributed by atoms with Crippen LogP contribution in [0.2, 0.25) is 0 Å². The summed E-state index contributed by atoms with van der Waals surface area (Å²) < 4.78 is 15.4. The molecule has 0 fully saturated rings. The molecule has 0 aliphatic rings. The van der Waals surface area contributed by atoms with Crippen LogP contribution in [-0.4, -0.2) is 0 Å². The van der Waals surface area contributed by atoms with Crippen molar-refractivity contribution in [1.82, 2.24) is 0 Å². The Morgan fingerprint density at radius 2 is 2.23 bits per heavy atom. The molecule has 0 nitrogen and oxygen atoms in total. The Morgan fingerprint density at radius 3 is 2.92 bits per heavy atom. The molecular weight excluding hydrogens is 203 g/mol. The number of halogens is 1. The third kappa shape index (κ3) is 1.46. The first-order chi connectivity index (χ1) is 6.22. The second-order valence-corrected chi connectivity index (χ2v) is 4.74. The molecule has 0 N–H and O–H groups in total. The molecule has 0 aliphatic carbocycles. The first-order valence-electron chi connectivity index (χ1n) is 4.12. The van der Waals surface area contributed by atoms with Gasteiger partial charge in [0.1, 0.15) is 5.82 Å². The van der Waals surface area contributed by atoms with Crippen LogP contribution in [0.5, 0.6) is 0 Å². The van der Waals surface area contributed by atoms with Crippen LogP contribution in [0.25, 0.3) is 10.1 Å². The topological polar surface area (TPSA) is 0 Å². The van der Waals surface area contributed by atoms with Gasteiger partial charge in [0.2, 0.25) is 0 Å². The largest absolute Gasteiger partial charge is 0.207 e. The molecule has 0 unspecified atom stereocenters. The van der Waals surface area contributed by atoms with Gasteiger partial charge in [-0.2, -0.15) is 0 Å². The average Bonchev–Trinajstić information content (AvgIpc) is 2.45. The van der Waals surface area contributed by atoms with Crippen LogP contribution in [-0.2, 0) is 6.42 Å². The predicted molar refractivity (Wildman–Crippen MR) is 58.4 cm³/mol. The Kier molecular flexibility index (Phi) is 2.30. The highest BCUT2D eigenvalue weighted by molar-refractivity contribution is 7.83. The number of aryl methyl sites for hydroxylation is 1. The standard InChI is InChI=1S/C10H9FS2/c1-2-6-7-5-10(12)13-9(7)4-3-8(6)11/h3-5,12H,2H2,1H3. The number of hydrogen-bond acceptors (Lipinski definition) is 2. The van der Waals surface area contributed by atoms with E-state index in [1.807, 2.05) is 19.1 Å². The molecule has 0 atom stereocenters. The van der Waals surface area contributed by atoms with Crippen molar-refractivity contribution in [3.8, 4) is 0 Å². The minimum atomic E-state index is -0.110. The van der Waals surface area contributed by atoms with Crippen molar-refractivity contribution >= 4 is 34.1 Å². The summed E-state index contributed by atoms with van der Waals surface area (Å²) in [5.41, 5.74) is 0.800. The first kappa shape index (κ1) is 9.03. The second kappa shape index (κ2) is 3.31. The van der Waals surface area contributed by atoms with E-state index in [2.05, 4.69) is 12.6 Å². The summed E-state index contributed by atoms with van der Waals surface area (Å²) in [6.45, 7) is 1.97. The lowest BCUT2D eigenvalue weighted by Gasteiger charge is -2.00. The van der Waals surface area contributed by atoms with Crippen LogP contribution < -0.4 is 0 Å². The molecule has 1 aromatic heterocycles. The van der Waals surface area contributed by atoms with Crippen LogP contribution in [0.4, 0.5) is 4.39 Å². The summed E-state index contributed by atoms with van der Waals surface area (Å²) in [4.78, 5) is 0. The number of fused-ring (bicyclic) bond motifs is 1. The van der Waals surface area contributed by atoms with E-state index in [9.17, 15) is 4.39 Å². The quantitative estimate of drug-likeness (QED) is 0.681. The molecule has 0 saturated heterocycles. The highest BCUT2D eigenvalue weighted by Gasteiger charge is 2.07. The number of rotatable bonds is 1. The highest BCUT2D eigenvalue weighted by atomic mass is 32.2. The SMILES string of the molecule is CCc1c(F)ccc2sc(S)cc12. The van der Waals surface area contributed by atoms with E-state index in [1.54, 1.807) is 11.3 Å². The number of thiophene rings is 1. The van der Waals surface area contributed by atoms with Crippen LogP contribution in [0, 0.1) is 5.82 Å². The van der Waals surface area contributed by atoms with Crippen molar-refractivity contribution in [2.45, 2.75) is 17.6 Å². The Morgan fingerprint density at radius 1 is 1.46 bits per heavy atom. The van der Waals surface area contributed by atoms with E-state index >= 15 is 0 Å². The first-order valence-corrected chi connectivity index (χ1v) is 5.38. The molecule has 0 aliphatic heterocycles. The summed E-state index contributed by atoms with van der Waals surface area (Å²) in [7, 11) is 0. The number of hydrogen-bond donors (Lipinski definition) is 1. The molecule has 3 heteroatoms. The fourth-order valence-corrected chi connectivity index (χ4v) is 2.74. The number of benzene rings is 1. The van der Waals surface area contributed by atoms with Crippen molar-refractivity contribution in [2.24, 2.45) is 0 Å². The Hall–Kier alpha value is -0.540. The number of thiol groups is 1. The molecular formula is C10H9FS2. The maximum absolute atomic E-state index is 13.3. The smallest absolute Gasteiger partial charge is 0.127 e. The van der Waals surface area contributed by atoms with Crippen molar-refractivity contribution in [1.29, 1.82) is 0 Å². The predicted octanol–water partition coefficient (Wildman–Crippen LogP) is 3.89. The van der Waals surface area contributed by atoms with E-state index in [0.29, 0.717) is 0 Å².